The number of Topliss-reactive ketones (excluding diaryl/α,β-unsaturated/α-hetero) is 1. The van der Waals surface area contributed by atoms with Crippen molar-refractivity contribution in [1.29, 1.82) is 0 Å². The number of nitrogens with zero attached hydrogens (tertiary/aromatic N) is 3. The van der Waals surface area contributed by atoms with Crippen molar-refractivity contribution in [3.8, 4) is 22.2 Å². The van der Waals surface area contributed by atoms with Crippen LogP contribution in [-0.2, 0) is 24.6 Å². The average Bonchev–Trinajstić information content (AvgIpc) is 3.52. The van der Waals surface area contributed by atoms with Crippen molar-refractivity contribution in [3.05, 3.63) is 95.4 Å². The molecule has 3 heterocycles. The third-order valence-electron chi connectivity index (χ3n) is 6.47. The lowest BCUT2D eigenvalue weighted by atomic mass is 10.0. The molecular formula is C30H27F2N3O3S. The maximum atomic E-state index is 15.0. The summed E-state index contributed by atoms with van der Waals surface area (Å²) in [6.07, 6.45) is 6.30. The van der Waals surface area contributed by atoms with Crippen molar-refractivity contribution in [2.24, 2.45) is 7.05 Å². The van der Waals surface area contributed by atoms with Crippen molar-refractivity contribution in [3.63, 3.8) is 0 Å². The highest BCUT2D eigenvalue weighted by Gasteiger charge is 2.17. The van der Waals surface area contributed by atoms with Gasteiger partial charge < -0.3 is 14.0 Å². The zero-order valence-electron chi connectivity index (χ0n) is 21.6. The molecule has 9 heteroatoms. The van der Waals surface area contributed by atoms with E-state index < -0.39 is 17.4 Å². The standard InChI is InChI=1S/C30H27F2N3O3S/c1-35-20(7-5-6-14-37-2)18-34-30(35)28-17-24-29(39-28)27(12-13-33-24)38-26-11-10-19(15-23(26)32)16-25(36)21-8-3-4-9-22(21)31/h3-4,8-13,15,17-18H,5-7,14,16H2,1-2H3. The average molecular weight is 548 g/mol. The number of ether oxygens (including phenoxy) is 2. The molecule has 0 N–H and O–H groups in total. The molecular weight excluding hydrogens is 520 g/mol. The van der Waals surface area contributed by atoms with Crippen molar-refractivity contribution in [2.45, 2.75) is 25.7 Å². The van der Waals surface area contributed by atoms with E-state index in [1.807, 2.05) is 19.3 Å². The van der Waals surface area contributed by atoms with Gasteiger partial charge in [0.1, 0.15) is 17.4 Å². The van der Waals surface area contributed by atoms with E-state index in [1.165, 1.54) is 41.7 Å². The first kappa shape index (κ1) is 26.6. The Morgan fingerprint density at radius 1 is 1.00 bits per heavy atom. The number of methoxy groups -OCH3 is 1. The first-order chi connectivity index (χ1) is 18.9. The second kappa shape index (κ2) is 11.8. The number of pyridine rings is 1. The number of rotatable bonds is 11. The third-order valence-corrected chi connectivity index (χ3v) is 7.60. The fraction of sp³-hybridized carbons (Fsp3) is 0.233. The van der Waals surface area contributed by atoms with Crippen molar-refractivity contribution < 1.29 is 23.0 Å². The number of aryl methyl sites for hydroxylation is 1. The van der Waals surface area contributed by atoms with Gasteiger partial charge in [-0.3, -0.25) is 9.78 Å². The van der Waals surface area contributed by atoms with Crippen LogP contribution in [0.4, 0.5) is 8.78 Å². The zero-order valence-corrected chi connectivity index (χ0v) is 22.4. The molecule has 39 heavy (non-hydrogen) atoms. The van der Waals surface area contributed by atoms with Gasteiger partial charge in [0.05, 0.1) is 20.7 Å². The number of imidazole rings is 1. The summed E-state index contributed by atoms with van der Waals surface area (Å²) in [5.74, 6) is -0.299. The summed E-state index contributed by atoms with van der Waals surface area (Å²) in [6, 6.07) is 13.7. The monoisotopic (exact) mass is 547 g/mol. The summed E-state index contributed by atoms with van der Waals surface area (Å²) in [5, 5.41) is 0. The molecule has 0 amide bonds. The van der Waals surface area contributed by atoms with Gasteiger partial charge in [0.15, 0.2) is 17.3 Å². The van der Waals surface area contributed by atoms with Crippen LogP contribution >= 0.6 is 11.3 Å². The molecule has 0 radical (unpaired) electrons. The number of thiophene rings is 1. The summed E-state index contributed by atoms with van der Waals surface area (Å²) in [6.45, 7) is 0.741. The molecule has 0 spiro atoms. The highest BCUT2D eigenvalue weighted by molar-refractivity contribution is 7.22. The number of fused-ring (bicyclic) bond motifs is 1. The Bertz CT molecular complexity index is 1630. The fourth-order valence-corrected chi connectivity index (χ4v) is 5.49. The van der Waals surface area contributed by atoms with Gasteiger partial charge in [-0.25, -0.2) is 13.8 Å². The number of hydrogen-bond donors (Lipinski definition) is 0. The Morgan fingerprint density at radius 2 is 1.85 bits per heavy atom. The molecule has 3 aromatic heterocycles. The van der Waals surface area contributed by atoms with Crippen LogP contribution in [0.1, 0.15) is 34.5 Å². The van der Waals surface area contributed by atoms with Gasteiger partial charge in [-0.1, -0.05) is 18.2 Å². The Hall–Kier alpha value is -3.95. The topological polar surface area (TPSA) is 66.2 Å². The molecule has 0 unspecified atom stereocenters. The van der Waals surface area contributed by atoms with Crippen LogP contribution in [0.2, 0.25) is 0 Å². The largest absolute Gasteiger partial charge is 0.453 e. The van der Waals surface area contributed by atoms with Crippen molar-refractivity contribution in [1.82, 2.24) is 14.5 Å². The number of carbonyl (C=O) groups excluding carboxylic acids is 1. The summed E-state index contributed by atoms with van der Waals surface area (Å²) in [4.78, 5) is 22.5. The number of ketones is 1. The summed E-state index contributed by atoms with van der Waals surface area (Å²) in [7, 11) is 3.70. The molecule has 0 saturated carbocycles. The molecule has 0 fully saturated rings. The van der Waals surface area contributed by atoms with Gasteiger partial charge in [-0.15, -0.1) is 11.3 Å². The quantitative estimate of drug-likeness (QED) is 0.130. The number of carbonyl (C=O) groups is 1. The first-order valence-corrected chi connectivity index (χ1v) is 13.4. The number of benzene rings is 2. The van der Waals surface area contributed by atoms with Crippen LogP contribution in [0, 0.1) is 11.6 Å². The van der Waals surface area contributed by atoms with Crippen molar-refractivity contribution >= 4 is 27.3 Å². The molecule has 2 aromatic carbocycles. The van der Waals surface area contributed by atoms with Gasteiger partial charge in [-0.2, -0.15) is 0 Å². The lowest BCUT2D eigenvalue weighted by Gasteiger charge is -2.09. The maximum absolute atomic E-state index is 15.0. The van der Waals surface area contributed by atoms with Gasteiger partial charge in [0.2, 0.25) is 0 Å². The number of aromatic nitrogens is 3. The van der Waals surface area contributed by atoms with Gasteiger partial charge in [0.25, 0.3) is 0 Å². The number of hydrogen-bond acceptors (Lipinski definition) is 6. The van der Waals surface area contributed by atoms with Crippen LogP contribution in [0.25, 0.3) is 20.9 Å². The lowest BCUT2D eigenvalue weighted by Crippen LogP contribution is -2.06. The minimum atomic E-state index is -0.613. The minimum absolute atomic E-state index is 0.0168. The van der Waals surface area contributed by atoms with E-state index in [2.05, 4.69) is 14.5 Å². The molecule has 0 saturated heterocycles. The normalized spacial score (nSPS) is 11.3. The molecule has 0 bridgehead atoms. The smallest absolute Gasteiger partial charge is 0.170 e. The van der Waals surface area contributed by atoms with Crippen LogP contribution in [-0.4, -0.2) is 34.0 Å². The van der Waals surface area contributed by atoms with Crippen molar-refractivity contribution in [2.75, 3.05) is 13.7 Å². The highest BCUT2D eigenvalue weighted by Crippen LogP contribution is 2.39. The molecule has 5 rings (SSSR count). The van der Waals surface area contributed by atoms with Crippen LogP contribution in [0.3, 0.4) is 0 Å². The molecule has 0 aliphatic rings. The predicted octanol–water partition coefficient (Wildman–Crippen LogP) is 7.16. The summed E-state index contributed by atoms with van der Waals surface area (Å²) >= 11 is 1.48. The van der Waals surface area contributed by atoms with Crippen LogP contribution < -0.4 is 4.74 Å². The molecule has 0 aliphatic heterocycles. The SMILES string of the molecule is COCCCCc1cnc(-c2cc3nccc(Oc4ccc(CC(=O)c5ccccc5F)cc4F)c3s2)n1C. The second-order valence-electron chi connectivity index (χ2n) is 9.16. The van der Waals surface area contributed by atoms with E-state index in [0.29, 0.717) is 11.3 Å². The number of halogens is 2. The Morgan fingerprint density at radius 3 is 2.64 bits per heavy atom. The van der Waals surface area contributed by atoms with E-state index in [1.54, 1.807) is 31.5 Å². The number of unbranched alkanes of at least 4 members (excludes halogenated alkanes) is 1. The Kier molecular flexibility index (Phi) is 8.09. The zero-order chi connectivity index (χ0) is 27.4. The van der Waals surface area contributed by atoms with E-state index in [4.69, 9.17) is 9.47 Å². The van der Waals surface area contributed by atoms with Crippen LogP contribution in [0.15, 0.2) is 67.0 Å². The first-order valence-electron chi connectivity index (χ1n) is 12.6. The predicted molar refractivity (Wildman–Crippen MR) is 148 cm³/mol. The Balaban J connectivity index is 1.34. The van der Waals surface area contributed by atoms with Gasteiger partial charge >= 0.3 is 0 Å². The van der Waals surface area contributed by atoms with Gasteiger partial charge in [0, 0.05) is 51.3 Å². The lowest BCUT2D eigenvalue weighted by molar-refractivity contribution is 0.0989. The fourth-order valence-electron chi connectivity index (χ4n) is 4.39. The van der Waals surface area contributed by atoms with Gasteiger partial charge in [-0.05, 0) is 55.2 Å². The molecule has 0 atom stereocenters. The summed E-state index contributed by atoms with van der Waals surface area (Å²) < 4.78 is 42.9. The van der Waals surface area contributed by atoms with Crippen LogP contribution in [0.5, 0.6) is 11.5 Å². The molecule has 200 valence electrons. The highest BCUT2D eigenvalue weighted by atomic mass is 32.1. The van der Waals surface area contributed by atoms with E-state index in [-0.39, 0.29) is 17.7 Å². The molecule has 6 nitrogen and oxygen atoms in total. The molecule has 0 aliphatic carbocycles. The maximum Gasteiger partial charge on any atom is 0.170 e. The van der Waals surface area contributed by atoms with E-state index in [9.17, 15) is 9.18 Å². The van der Waals surface area contributed by atoms with E-state index >= 15 is 4.39 Å². The Labute approximate surface area is 228 Å². The summed E-state index contributed by atoms with van der Waals surface area (Å²) in [5.41, 5.74) is 2.28. The molecule has 5 aromatic rings. The third kappa shape index (κ3) is 5.89. The minimum Gasteiger partial charge on any atom is -0.453 e. The van der Waals surface area contributed by atoms with E-state index in [0.717, 1.165) is 52.5 Å². The second-order valence-corrected chi connectivity index (χ2v) is 10.2.